The number of nitrogens with one attached hydrogen (secondary N) is 1. The van der Waals surface area contributed by atoms with Crippen LogP contribution in [0.25, 0.3) is 0 Å². The maximum absolute atomic E-state index is 11.4. The molecule has 0 aliphatic heterocycles. The highest BCUT2D eigenvalue weighted by Crippen LogP contribution is 2.09. The number of aromatic nitrogens is 1. The van der Waals surface area contributed by atoms with E-state index in [-0.39, 0.29) is 5.91 Å². The summed E-state index contributed by atoms with van der Waals surface area (Å²) in [6.07, 6.45) is 3.48. The summed E-state index contributed by atoms with van der Waals surface area (Å²) in [6, 6.07) is 2.66. The molecule has 0 aliphatic carbocycles. The smallest absolute Gasteiger partial charge is 0.242 e. The average Bonchev–Trinajstić information content (AvgIpc) is 2.22. The molecule has 0 aromatic carbocycles. The molecule has 3 N–H and O–H groups in total. The highest BCUT2D eigenvalue weighted by Gasteiger charge is 2.11. The van der Waals surface area contributed by atoms with Gasteiger partial charge in [-0.25, -0.2) is 4.98 Å². The van der Waals surface area contributed by atoms with E-state index in [2.05, 4.69) is 16.9 Å². The van der Waals surface area contributed by atoms with Crippen LogP contribution in [0.2, 0.25) is 5.02 Å². The molecule has 1 amide bonds. The fraction of sp³-hybridized carbons (Fsp3) is 0.200. The van der Waals surface area contributed by atoms with Crippen LogP contribution in [0.1, 0.15) is 6.42 Å². The number of pyridine rings is 1. The normalized spacial score (nSPS) is 11.9. The van der Waals surface area contributed by atoms with Gasteiger partial charge < -0.3 is 11.1 Å². The lowest BCUT2D eigenvalue weighted by atomic mass is 10.2. The van der Waals surface area contributed by atoms with Gasteiger partial charge in [-0.05, 0) is 18.6 Å². The van der Waals surface area contributed by atoms with E-state index < -0.39 is 6.04 Å². The number of amides is 1. The minimum Gasteiger partial charge on any atom is -0.320 e. The summed E-state index contributed by atoms with van der Waals surface area (Å²) in [5.41, 5.74) is 5.57. The Morgan fingerprint density at radius 3 is 3.00 bits per heavy atom. The standard InChI is InChI=1S/C10H12ClN3O/c1-2-3-8(12)10(15)14-9-5-4-7(11)6-13-9/h2,4-6,8H,1,3,12H2,(H,13,14,15). The largest absolute Gasteiger partial charge is 0.320 e. The number of carbonyl (C=O) groups excluding carboxylic acids is 1. The lowest BCUT2D eigenvalue weighted by molar-refractivity contribution is -0.117. The van der Waals surface area contributed by atoms with E-state index in [9.17, 15) is 4.79 Å². The van der Waals surface area contributed by atoms with E-state index in [1.807, 2.05) is 0 Å². The van der Waals surface area contributed by atoms with E-state index in [1.165, 1.54) is 6.20 Å². The van der Waals surface area contributed by atoms with Crippen LogP contribution < -0.4 is 11.1 Å². The van der Waals surface area contributed by atoms with Gasteiger partial charge in [-0.15, -0.1) is 6.58 Å². The molecular weight excluding hydrogens is 214 g/mol. The Morgan fingerprint density at radius 2 is 2.47 bits per heavy atom. The van der Waals surface area contributed by atoms with Gasteiger partial charge in [0.15, 0.2) is 0 Å². The molecule has 0 radical (unpaired) electrons. The van der Waals surface area contributed by atoms with Gasteiger partial charge in [-0.1, -0.05) is 17.7 Å². The zero-order chi connectivity index (χ0) is 11.3. The van der Waals surface area contributed by atoms with E-state index >= 15 is 0 Å². The first-order valence-corrected chi connectivity index (χ1v) is 4.80. The topological polar surface area (TPSA) is 68.0 Å². The Morgan fingerprint density at radius 1 is 1.73 bits per heavy atom. The van der Waals surface area contributed by atoms with Gasteiger partial charge >= 0.3 is 0 Å². The van der Waals surface area contributed by atoms with Crippen LogP contribution >= 0.6 is 11.6 Å². The quantitative estimate of drug-likeness (QED) is 0.765. The highest BCUT2D eigenvalue weighted by atomic mass is 35.5. The molecule has 0 saturated carbocycles. The molecule has 1 aromatic heterocycles. The first kappa shape index (κ1) is 11.7. The van der Waals surface area contributed by atoms with Crippen molar-refractivity contribution < 1.29 is 4.79 Å². The monoisotopic (exact) mass is 225 g/mol. The third-order valence-corrected chi connectivity index (χ3v) is 1.96. The summed E-state index contributed by atoms with van der Waals surface area (Å²) in [6.45, 7) is 3.51. The van der Waals surface area contributed by atoms with Gasteiger partial charge in [0.25, 0.3) is 0 Å². The second kappa shape index (κ2) is 5.48. The molecule has 80 valence electrons. The van der Waals surface area contributed by atoms with Gasteiger partial charge in [-0.2, -0.15) is 0 Å². The van der Waals surface area contributed by atoms with Crippen LogP contribution in [0.5, 0.6) is 0 Å². The zero-order valence-corrected chi connectivity index (χ0v) is 8.87. The number of carbonyl (C=O) groups is 1. The average molecular weight is 226 g/mol. The number of hydrogen-bond donors (Lipinski definition) is 2. The molecule has 5 heteroatoms. The maximum atomic E-state index is 11.4. The van der Waals surface area contributed by atoms with E-state index in [0.717, 1.165) is 0 Å². The number of hydrogen-bond acceptors (Lipinski definition) is 3. The van der Waals surface area contributed by atoms with Gasteiger partial charge in [0, 0.05) is 6.20 Å². The minimum absolute atomic E-state index is 0.287. The number of rotatable bonds is 4. The number of anilines is 1. The molecule has 0 saturated heterocycles. The molecule has 1 rings (SSSR count). The zero-order valence-electron chi connectivity index (χ0n) is 8.11. The van der Waals surface area contributed by atoms with Crippen molar-refractivity contribution >= 4 is 23.3 Å². The van der Waals surface area contributed by atoms with Gasteiger partial charge in [0.1, 0.15) is 5.82 Å². The minimum atomic E-state index is -0.597. The number of nitrogens with zero attached hydrogens (tertiary/aromatic N) is 1. The molecule has 15 heavy (non-hydrogen) atoms. The lowest BCUT2D eigenvalue weighted by Crippen LogP contribution is -2.35. The first-order valence-electron chi connectivity index (χ1n) is 4.42. The van der Waals surface area contributed by atoms with Crippen molar-refractivity contribution in [2.24, 2.45) is 5.73 Å². The predicted molar refractivity (Wildman–Crippen MR) is 60.7 cm³/mol. The summed E-state index contributed by atoms with van der Waals surface area (Å²) in [7, 11) is 0. The third kappa shape index (κ3) is 3.69. The van der Waals surface area contributed by atoms with Crippen molar-refractivity contribution in [1.82, 2.24) is 4.98 Å². The Labute approximate surface area is 93.1 Å². The Balaban J connectivity index is 2.58. The summed E-state index contributed by atoms with van der Waals surface area (Å²) >= 11 is 5.65. The van der Waals surface area contributed by atoms with Crippen LogP contribution in [-0.2, 0) is 4.79 Å². The van der Waals surface area contributed by atoms with E-state index in [0.29, 0.717) is 17.3 Å². The Hall–Kier alpha value is -1.39. The molecule has 4 nitrogen and oxygen atoms in total. The maximum Gasteiger partial charge on any atom is 0.242 e. The first-order chi connectivity index (χ1) is 7.13. The van der Waals surface area contributed by atoms with Crippen LogP contribution in [0.3, 0.4) is 0 Å². The summed E-state index contributed by atoms with van der Waals surface area (Å²) in [4.78, 5) is 15.3. The lowest BCUT2D eigenvalue weighted by Gasteiger charge is -2.09. The molecule has 0 bridgehead atoms. The van der Waals surface area contributed by atoms with Crippen LogP contribution in [-0.4, -0.2) is 16.9 Å². The molecule has 1 aromatic rings. The fourth-order valence-corrected chi connectivity index (χ4v) is 1.07. The van der Waals surface area contributed by atoms with Crippen molar-refractivity contribution in [3.05, 3.63) is 36.0 Å². The van der Waals surface area contributed by atoms with E-state index in [4.69, 9.17) is 17.3 Å². The molecule has 1 unspecified atom stereocenters. The van der Waals surface area contributed by atoms with Gasteiger partial charge in [0.05, 0.1) is 11.1 Å². The second-order valence-corrected chi connectivity index (χ2v) is 3.42. The molecule has 1 heterocycles. The van der Waals surface area contributed by atoms with Crippen LogP contribution in [0.15, 0.2) is 31.0 Å². The Bertz CT molecular complexity index is 350. The molecule has 0 spiro atoms. The fourth-order valence-electron chi connectivity index (χ4n) is 0.955. The van der Waals surface area contributed by atoms with Crippen molar-refractivity contribution in [1.29, 1.82) is 0 Å². The van der Waals surface area contributed by atoms with Gasteiger partial charge in [-0.3, -0.25) is 4.79 Å². The highest BCUT2D eigenvalue weighted by molar-refractivity contribution is 6.30. The molecule has 1 atom stereocenters. The number of halogens is 1. The van der Waals surface area contributed by atoms with Crippen LogP contribution in [0.4, 0.5) is 5.82 Å². The van der Waals surface area contributed by atoms with Crippen LogP contribution in [0, 0.1) is 0 Å². The van der Waals surface area contributed by atoms with Gasteiger partial charge in [0.2, 0.25) is 5.91 Å². The predicted octanol–water partition coefficient (Wildman–Crippen LogP) is 1.58. The van der Waals surface area contributed by atoms with E-state index in [1.54, 1.807) is 18.2 Å². The number of nitrogens with two attached hydrogens (primary N) is 1. The third-order valence-electron chi connectivity index (χ3n) is 1.74. The van der Waals surface area contributed by atoms with Crippen molar-refractivity contribution in [2.75, 3.05) is 5.32 Å². The summed E-state index contributed by atoms with van der Waals surface area (Å²) in [5.74, 6) is 0.147. The summed E-state index contributed by atoms with van der Waals surface area (Å²) in [5, 5.41) is 3.09. The summed E-state index contributed by atoms with van der Waals surface area (Å²) < 4.78 is 0. The molecule has 0 fully saturated rings. The molecule has 0 aliphatic rings. The SMILES string of the molecule is C=CCC(N)C(=O)Nc1ccc(Cl)cn1. The van der Waals surface area contributed by atoms with Crippen molar-refractivity contribution in [3.63, 3.8) is 0 Å². The second-order valence-electron chi connectivity index (χ2n) is 2.98. The Kier molecular flexibility index (Phi) is 4.27. The van der Waals surface area contributed by atoms with Crippen molar-refractivity contribution in [3.8, 4) is 0 Å². The van der Waals surface area contributed by atoms with Crippen molar-refractivity contribution in [2.45, 2.75) is 12.5 Å². The molecular formula is C10H12ClN3O.